The van der Waals surface area contributed by atoms with Crippen LogP contribution in [0, 0.1) is 0 Å². The number of guanidine groups is 1. The number of rotatable bonds is 7. The van der Waals surface area contributed by atoms with Crippen LogP contribution in [0.15, 0.2) is 52.4 Å². The van der Waals surface area contributed by atoms with Crippen molar-refractivity contribution in [3.63, 3.8) is 0 Å². The third-order valence-corrected chi connectivity index (χ3v) is 5.02. The van der Waals surface area contributed by atoms with E-state index >= 15 is 0 Å². The second-order valence-electron chi connectivity index (χ2n) is 5.95. The van der Waals surface area contributed by atoms with Crippen LogP contribution < -0.4 is 15.8 Å². The molecule has 1 unspecified atom stereocenters. The zero-order valence-electron chi connectivity index (χ0n) is 15.9. The number of aliphatic imine (C=N–C) groups is 1. The van der Waals surface area contributed by atoms with Crippen molar-refractivity contribution in [2.24, 2.45) is 10.7 Å². The molecule has 3 N–H and O–H groups in total. The molecule has 0 saturated heterocycles. The molecular weight excluding hydrogens is 448 g/mol. The number of nitrogens with zero attached hydrogens (tertiary/aromatic N) is 2. The number of likely N-dealkylation sites (N-methyl/N-ethyl adjacent to an activating group) is 1. The Morgan fingerprint density at radius 3 is 2.44 bits per heavy atom. The second-order valence-corrected chi connectivity index (χ2v) is 7.24. The minimum absolute atomic E-state index is 0. The maximum absolute atomic E-state index is 6.13. The minimum Gasteiger partial charge on any atom is -0.495 e. The summed E-state index contributed by atoms with van der Waals surface area (Å²) in [6.45, 7) is 0.550. The van der Waals surface area contributed by atoms with Gasteiger partial charge in [-0.15, -0.1) is 28.7 Å². The number of anilines is 1. The van der Waals surface area contributed by atoms with Crippen LogP contribution in [0.5, 0.6) is 5.75 Å². The lowest BCUT2D eigenvalue weighted by molar-refractivity contribution is 0.306. The number of ether oxygens (including phenoxy) is 1. The molecule has 0 amide bonds. The van der Waals surface area contributed by atoms with E-state index in [1.165, 1.54) is 10.5 Å². The summed E-state index contributed by atoms with van der Waals surface area (Å²) in [5, 5.41) is 3.58. The van der Waals surface area contributed by atoms with Crippen molar-refractivity contribution in [2.75, 3.05) is 39.3 Å². The standard InChI is InChI=1S/C19H25ClN4OS.BrH/c1-24(2)17(13-5-8-15(26-4)9-6-13)12-22-19(21)23-14-7-10-18(25-3)16(20)11-14;/h5-11,17H,12H2,1-4H3,(H3,21,22,23);1H. The number of methoxy groups -OCH3 is 1. The number of hydrogen-bond donors (Lipinski definition) is 2. The molecule has 2 aromatic carbocycles. The molecular formula is C19H26BrClN4OS. The van der Waals surface area contributed by atoms with Crippen LogP contribution in [-0.4, -0.2) is 44.9 Å². The highest BCUT2D eigenvalue weighted by molar-refractivity contribution is 8.93. The Balaban J connectivity index is 0.00000364. The molecule has 8 heteroatoms. The number of nitrogens with two attached hydrogens (primary N) is 1. The lowest BCUT2D eigenvalue weighted by Gasteiger charge is -2.23. The highest BCUT2D eigenvalue weighted by Crippen LogP contribution is 2.27. The van der Waals surface area contributed by atoms with E-state index in [1.54, 1.807) is 31.0 Å². The molecule has 5 nitrogen and oxygen atoms in total. The third kappa shape index (κ3) is 6.92. The van der Waals surface area contributed by atoms with Gasteiger partial charge in [0, 0.05) is 10.6 Å². The quantitative estimate of drug-likeness (QED) is 0.347. The molecule has 0 aliphatic heterocycles. The van der Waals surface area contributed by atoms with E-state index in [2.05, 4.69) is 45.7 Å². The van der Waals surface area contributed by atoms with Crippen molar-refractivity contribution in [1.82, 2.24) is 4.90 Å². The lowest BCUT2D eigenvalue weighted by atomic mass is 10.1. The van der Waals surface area contributed by atoms with E-state index in [9.17, 15) is 0 Å². The Labute approximate surface area is 181 Å². The van der Waals surface area contributed by atoms with Gasteiger partial charge < -0.3 is 20.7 Å². The van der Waals surface area contributed by atoms with Gasteiger partial charge in [-0.1, -0.05) is 23.7 Å². The van der Waals surface area contributed by atoms with Gasteiger partial charge in [-0.05, 0) is 56.2 Å². The van der Waals surface area contributed by atoms with Crippen LogP contribution in [0.2, 0.25) is 5.02 Å². The molecule has 2 aromatic rings. The van der Waals surface area contributed by atoms with Gasteiger partial charge in [0.25, 0.3) is 0 Å². The normalized spacial score (nSPS) is 12.4. The van der Waals surface area contributed by atoms with Crippen molar-refractivity contribution >= 4 is 52.0 Å². The Morgan fingerprint density at radius 1 is 1.26 bits per heavy atom. The van der Waals surface area contributed by atoms with Gasteiger partial charge in [0.1, 0.15) is 5.75 Å². The zero-order chi connectivity index (χ0) is 19.1. The molecule has 0 aromatic heterocycles. The molecule has 0 saturated carbocycles. The minimum atomic E-state index is 0. The predicted octanol–water partition coefficient (Wildman–Crippen LogP) is 4.68. The molecule has 0 aliphatic rings. The van der Waals surface area contributed by atoms with Gasteiger partial charge in [0.05, 0.1) is 24.7 Å². The van der Waals surface area contributed by atoms with Crippen molar-refractivity contribution in [3.8, 4) is 5.75 Å². The molecule has 0 heterocycles. The van der Waals surface area contributed by atoms with Crippen LogP contribution in [0.4, 0.5) is 5.69 Å². The van der Waals surface area contributed by atoms with Crippen molar-refractivity contribution in [1.29, 1.82) is 0 Å². The maximum Gasteiger partial charge on any atom is 0.193 e. The summed E-state index contributed by atoms with van der Waals surface area (Å²) in [6, 6.07) is 14.1. The van der Waals surface area contributed by atoms with Gasteiger partial charge in [-0.2, -0.15) is 0 Å². The van der Waals surface area contributed by atoms with E-state index in [0.717, 1.165) is 5.69 Å². The molecule has 27 heavy (non-hydrogen) atoms. The molecule has 1 atom stereocenters. The number of halogens is 2. The van der Waals surface area contributed by atoms with Crippen molar-refractivity contribution < 1.29 is 4.74 Å². The van der Waals surface area contributed by atoms with E-state index in [-0.39, 0.29) is 23.0 Å². The maximum atomic E-state index is 6.13. The largest absolute Gasteiger partial charge is 0.495 e. The van der Waals surface area contributed by atoms with Crippen LogP contribution >= 0.6 is 40.3 Å². The molecule has 148 valence electrons. The SMILES string of the molecule is Br.COc1ccc(NC(N)=NCC(c2ccc(SC)cc2)N(C)C)cc1Cl. The topological polar surface area (TPSA) is 62.9 Å². The summed E-state index contributed by atoms with van der Waals surface area (Å²) >= 11 is 7.86. The zero-order valence-corrected chi connectivity index (χ0v) is 19.2. The molecule has 0 bridgehead atoms. The van der Waals surface area contributed by atoms with Crippen LogP contribution in [0.25, 0.3) is 0 Å². The summed E-state index contributed by atoms with van der Waals surface area (Å²) in [7, 11) is 5.66. The lowest BCUT2D eigenvalue weighted by Crippen LogP contribution is -2.27. The summed E-state index contributed by atoms with van der Waals surface area (Å²) in [6.07, 6.45) is 2.07. The Hall–Kier alpha value is -1.41. The highest BCUT2D eigenvalue weighted by atomic mass is 79.9. The van der Waals surface area contributed by atoms with Crippen LogP contribution in [0.1, 0.15) is 11.6 Å². The molecule has 0 fully saturated rings. The first-order valence-electron chi connectivity index (χ1n) is 8.15. The number of benzene rings is 2. The summed E-state index contributed by atoms with van der Waals surface area (Å²) in [4.78, 5) is 7.87. The van der Waals surface area contributed by atoms with Gasteiger partial charge in [0.15, 0.2) is 5.96 Å². The fourth-order valence-corrected chi connectivity index (χ4v) is 3.18. The van der Waals surface area contributed by atoms with Crippen LogP contribution in [0.3, 0.4) is 0 Å². The number of nitrogens with one attached hydrogen (secondary N) is 1. The Kier molecular flexibility index (Phi) is 10.0. The van der Waals surface area contributed by atoms with Gasteiger partial charge >= 0.3 is 0 Å². The number of thioether (sulfide) groups is 1. The molecule has 2 rings (SSSR count). The van der Waals surface area contributed by atoms with E-state index in [0.29, 0.717) is 23.3 Å². The van der Waals surface area contributed by atoms with Crippen LogP contribution in [-0.2, 0) is 0 Å². The monoisotopic (exact) mass is 472 g/mol. The summed E-state index contributed by atoms with van der Waals surface area (Å²) < 4.78 is 5.15. The highest BCUT2D eigenvalue weighted by Gasteiger charge is 2.14. The predicted molar refractivity (Wildman–Crippen MR) is 123 cm³/mol. The van der Waals surface area contributed by atoms with E-state index in [4.69, 9.17) is 22.1 Å². The van der Waals surface area contributed by atoms with Crippen molar-refractivity contribution in [2.45, 2.75) is 10.9 Å². The first kappa shape index (κ1) is 23.6. The van der Waals surface area contributed by atoms with Gasteiger partial charge in [0.2, 0.25) is 0 Å². The molecule has 0 spiro atoms. The second kappa shape index (κ2) is 11.4. The Bertz CT molecular complexity index is 756. The third-order valence-electron chi connectivity index (χ3n) is 3.98. The smallest absolute Gasteiger partial charge is 0.193 e. The van der Waals surface area contributed by atoms with E-state index < -0.39 is 0 Å². The van der Waals surface area contributed by atoms with Gasteiger partial charge in [-0.25, -0.2) is 0 Å². The fourth-order valence-electron chi connectivity index (χ4n) is 2.51. The fraction of sp³-hybridized carbons (Fsp3) is 0.316. The first-order chi connectivity index (χ1) is 12.4. The average molecular weight is 474 g/mol. The van der Waals surface area contributed by atoms with Crippen molar-refractivity contribution in [3.05, 3.63) is 53.1 Å². The van der Waals surface area contributed by atoms with E-state index in [1.807, 2.05) is 20.2 Å². The average Bonchev–Trinajstić information content (AvgIpc) is 2.62. The molecule has 0 radical (unpaired) electrons. The Morgan fingerprint density at radius 2 is 1.93 bits per heavy atom. The summed E-state index contributed by atoms with van der Waals surface area (Å²) in [5.74, 6) is 0.966. The first-order valence-corrected chi connectivity index (χ1v) is 9.75. The summed E-state index contributed by atoms with van der Waals surface area (Å²) in [5.41, 5.74) is 8.01. The molecule has 0 aliphatic carbocycles. The number of hydrogen-bond acceptors (Lipinski definition) is 4. The van der Waals surface area contributed by atoms with Gasteiger partial charge in [-0.3, -0.25) is 4.99 Å².